The fourth-order valence-corrected chi connectivity index (χ4v) is 0. The Kier molecular flexibility index (Phi) is 8.65. The molecule has 0 N–H and O–H groups in total. The number of nitrogens with zero attached hydrogens (tertiary/aromatic N) is 1. The second kappa shape index (κ2) is 4.70. The van der Waals surface area contributed by atoms with E-state index >= 15 is 0 Å². The molecule has 1 nitrogen and oxygen atoms in total. The summed E-state index contributed by atoms with van der Waals surface area (Å²) >= 11 is 0. The minimum Gasteiger partial charge on any atom is -0.312 e. The van der Waals surface area contributed by atoms with Crippen LogP contribution in [0.2, 0.25) is 0 Å². The van der Waals surface area contributed by atoms with Crippen molar-refractivity contribution >= 4 is 0 Å². The van der Waals surface area contributed by atoms with Crippen molar-refractivity contribution in [1.29, 1.82) is 0 Å². The van der Waals surface area contributed by atoms with E-state index in [-0.39, 0.29) is 22.4 Å². The number of hydrogen-bond acceptors (Lipinski definition) is 1. The molecule has 0 spiro atoms. The Hall–Kier alpha value is 0.700. The fraction of sp³-hybridized carbons (Fsp3) is 1.00. The zero-order valence-corrected chi connectivity index (χ0v) is 5.92. The van der Waals surface area contributed by atoms with Gasteiger partial charge in [-0.2, -0.15) is 0 Å². The van der Waals surface area contributed by atoms with Gasteiger partial charge in [-0.1, -0.05) is 0 Å². The van der Waals surface area contributed by atoms with Gasteiger partial charge in [0.15, 0.2) is 0 Å². The van der Waals surface area contributed by atoms with Crippen molar-refractivity contribution in [3.05, 3.63) is 0 Å². The topological polar surface area (TPSA) is 3.24 Å². The van der Waals surface area contributed by atoms with Crippen LogP contribution in [0.3, 0.4) is 0 Å². The SMILES string of the molecule is CN(C)C.[Au]. The normalized spacial score (nSPS) is 7.20. The minimum atomic E-state index is 0. The Morgan fingerprint density at radius 1 is 1.00 bits per heavy atom. The Balaban J connectivity index is 0. The van der Waals surface area contributed by atoms with Gasteiger partial charge in [-0.3, -0.25) is 0 Å². The smallest absolute Gasteiger partial charge is 0 e. The van der Waals surface area contributed by atoms with Crippen LogP contribution in [0.1, 0.15) is 0 Å². The summed E-state index contributed by atoms with van der Waals surface area (Å²) in [5.74, 6) is 0. The van der Waals surface area contributed by atoms with Crippen molar-refractivity contribution in [2.45, 2.75) is 0 Å². The van der Waals surface area contributed by atoms with Gasteiger partial charge in [-0.25, -0.2) is 0 Å². The third-order valence-corrected chi connectivity index (χ3v) is 0. The maximum Gasteiger partial charge on any atom is 0 e. The standard InChI is InChI=1S/C3H9N.Au/c1-4(2)3;/h1-3H3;. The molecule has 0 aliphatic carbocycles. The molecule has 2 heteroatoms. The molecule has 0 aromatic carbocycles. The van der Waals surface area contributed by atoms with Gasteiger partial charge in [-0.05, 0) is 21.1 Å². The van der Waals surface area contributed by atoms with Gasteiger partial charge in [0.05, 0.1) is 0 Å². The Labute approximate surface area is 48.9 Å². The van der Waals surface area contributed by atoms with Crippen molar-refractivity contribution in [1.82, 2.24) is 4.90 Å². The van der Waals surface area contributed by atoms with Crippen molar-refractivity contribution in [3.63, 3.8) is 0 Å². The quantitative estimate of drug-likeness (QED) is 0.559. The first-order valence-corrected chi connectivity index (χ1v) is 1.34. The van der Waals surface area contributed by atoms with Gasteiger partial charge >= 0.3 is 0 Å². The van der Waals surface area contributed by atoms with Crippen molar-refractivity contribution in [2.24, 2.45) is 0 Å². The third kappa shape index (κ3) is 69.9. The predicted molar refractivity (Wildman–Crippen MR) is 19.6 cm³/mol. The Morgan fingerprint density at radius 2 is 1.00 bits per heavy atom. The maximum absolute atomic E-state index is 2.00. The first-order chi connectivity index (χ1) is 1.73. The summed E-state index contributed by atoms with van der Waals surface area (Å²) in [6, 6.07) is 0. The molecule has 5 heavy (non-hydrogen) atoms. The van der Waals surface area contributed by atoms with E-state index in [0.29, 0.717) is 0 Å². The largest absolute Gasteiger partial charge is 0.312 e. The Bertz CT molecular complexity index is 11.6. The van der Waals surface area contributed by atoms with Gasteiger partial charge in [0.2, 0.25) is 0 Å². The van der Waals surface area contributed by atoms with Crippen LogP contribution in [-0.2, 0) is 22.4 Å². The molecule has 37 valence electrons. The molecule has 1 radical (unpaired) electrons. The van der Waals surface area contributed by atoms with E-state index in [2.05, 4.69) is 0 Å². The molecule has 0 unspecified atom stereocenters. The monoisotopic (exact) mass is 256 g/mol. The summed E-state index contributed by atoms with van der Waals surface area (Å²) in [5.41, 5.74) is 0. The van der Waals surface area contributed by atoms with E-state index in [4.69, 9.17) is 0 Å². The van der Waals surface area contributed by atoms with Crippen LogP contribution < -0.4 is 0 Å². The van der Waals surface area contributed by atoms with E-state index in [1.165, 1.54) is 0 Å². The zero-order chi connectivity index (χ0) is 3.58. The zero-order valence-electron chi connectivity index (χ0n) is 3.75. The van der Waals surface area contributed by atoms with Gasteiger partial charge in [-0.15, -0.1) is 0 Å². The summed E-state index contributed by atoms with van der Waals surface area (Å²) in [7, 11) is 6.00. The van der Waals surface area contributed by atoms with Crippen molar-refractivity contribution in [3.8, 4) is 0 Å². The molecule has 0 aliphatic heterocycles. The van der Waals surface area contributed by atoms with Gasteiger partial charge < -0.3 is 4.90 Å². The second-order valence-corrected chi connectivity index (χ2v) is 1.34. The molecular weight excluding hydrogens is 247 g/mol. The number of hydrogen-bond donors (Lipinski definition) is 0. The molecule has 0 bridgehead atoms. The van der Waals surface area contributed by atoms with E-state index < -0.39 is 0 Å². The summed E-state index contributed by atoms with van der Waals surface area (Å²) in [6.07, 6.45) is 0. The van der Waals surface area contributed by atoms with Crippen molar-refractivity contribution < 1.29 is 22.4 Å². The average Bonchev–Trinajstić information content (AvgIpc) is 0.811. The van der Waals surface area contributed by atoms with Crippen LogP contribution in [0.15, 0.2) is 0 Å². The average molecular weight is 256 g/mol. The molecule has 0 aliphatic rings. The van der Waals surface area contributed by atoms with Crippen LogP contribution in [0.5, 0.6) is 0 Å². The van der Waals surface area contributed by atoms with E-state index in [1.807, 2.05) is 26.0 Å². The molecule has 0 heterocycles. The predicted octanol–water partition coefficient (Wildman–Crippen LogP) is 0.175. The molecule has 0 rings (SSSR count). The summed E-state index contributed by atoms with van der Waals surface area (Å²) in [5, 5.41) is 0. The van der Waals surface area contributed by atoms with Gasteiger partial charge in [0, 0.05) is 22.4 Å². The molecule has 0 saturated carbocycles. The van der Waals surface area contributed by atoms with Gasteiger partial charge in [0.1, 0.15) is 0 Å². The molecule has 0 saturated heterocycles. The number of rotatable bonds is 0. The van der Waals surface area contributed by atoms with Crippen LogP contribution in [0.25, 0.3) is 0 Å². The van der Waals surface area contributed by atoms with E-state index in [9.17, 15) is 0 Å². The molecule has 0 atom stereocenters. The maximum atomic E-state index is 2.00. The van der Waals surface area contributed by atoms with Crippen molar-refractivity contribution in [2.75, 3.05) is 21.1 Å². The Morgan fingerprint density at radius 3 is 1.00 bits per heavy atom. The van der Waals surface area contributed by atoms with E-state index in [0.717, 1.165) is 0 Å². The first kappa shape index (κ1) is 9.20. The second-order valence-electron chi connectivity index (χ2n) is 1.34. The van der Waals surface area contributed by atoms with Crippen LogP contribution in [0.4, 0.5) is 0 Å². The fourth-order valence-electron chi connectivity index (χ4n) is 0. The molecule has 0 amide bonds. The van der Waals surface area contributed by atoms with Crippen LogP contribution >= 0.6 is 0 Å². The molecule has 0 aromatic heterocycles. The van der Waals surface area contributed by atoms with Gasteiger partial charge in [0.25, 0.3) is 0 Å². The van der Waals surface area contributed by atoms with E-state index in [1.54, 1.807) is 0 Å². The third-order valence-electron chi connectivity index (χ3n) is 0. The summed E-state index contributed by atoms with van der Waals surface area (Å²) in [6.45, 7) is 0. The van der Waals surface area contributed by atoms with Crippen LogP contribution in [-0.4, -0.2) is 26.0 Å². The summed E-state index contributed by atoms with van der Waals surface area (Å²) < 4.78 is 0. The molecular formula is C3H9AuN. The van der Waals surface area contributed by atoms with Crippen LogP contribution in [0, 0.1) is 0 Å². The first-order valence-electron chi connectivity index (χ1n) is 1.34. The summed E-state index contributed by atoms with van der Waals surface area (Å²) in [4.78, 5) is 2.00. The molecule has 0 fully saturated rings. The minimum absolute atomic E-state index is 0. The molecule has 0 aromatic rings.